The first-order valence-electron chi connectivity index (χ1n) is 9.82. The van der Waals surface area contributed by atoms with E-state index in [1.165, 1.54) is 4.88 Å². The van der Waals surface area contributed by atoms with Gasteiger partial charge in [-0.05, 0) is 61.8 Å². The van der Waals surface area contributed by atoms with E-state index in [2.05, 4.69) is 51.8 Å². The Morgan fingerprint density at radius 3 is 2.61 bits per heavy atom. The highest BCUT2D eigenvalue weighted by Crippen LogP contribution is 2.29. The average Bonchev–Trinajstić information content (AvgIpc) is 3.20. The number of nitrogens with one attached hydrogen (secondary N) is 2. The normalized spacial score (nSPS) is 17.9. The lowest BCUT2D eigenvalue weighted by molar-refractivity contribution is 0.0883. The van der Waals surface area contributed by atoms with E-state index in [1.54, 1.807) is 0 Å². The van der Waals surface area contributed by atoms with Crippen molar-refractivity contribution in [1.82, 2.24) is 15.1 Å². The van der Waals surface area contributed by atoms with Gasteiger partial charge in [0, 0.05) is 47.8 Å². The molecule has 3 rings (SSSR count). The molecule has 1 aromatic carbocycles. The van der Waals surface area contributed by atoms with E-state index in [-0.39, 0.29) is 6.04 Å². The molecule has 0 saturated carbocycles. The molecule has 152 valence electrons. The van der Waals surface area contributed by atoms with Gasteiger partial charge in [-0.15, -0.1) is 11.3 Å². The lowest BCUT2D eigenvalue weighted by Crippen LogP contribution is -2.52. The predicted octanol–water partition coefficient (Wildman–Crippen LogP) is 4.76. The van der Waals surface area contributed by atoms with Crippen LogP contribution in [0.4, 0.5) is 5.69 Å². The molecule has 1 saturated heterocycles. The molecular formula is C21H29ClN4S2. The number of hydrogen-bond acceptors (Lipinski definition) is 4. The van der Waals surface area contributed by atoms with Crippen LogP contribution in [0, 0.1) is 6.92 Å². The maximum Gasteiger partial charge on any atom is 0.171 e. The zero-order valence-electron chi connectivity index (χ0n) is 16.7. The molecule has 1 aliphatic heterocycles. The van der Waals surface area contributed by atoms with Crippen molar-refractivity contribution in [3.63, 3.8) is 0 Å². The van der Waals surface area contributed by atoms with E-state index in [4.69, 9.17) is 23.8 Å². The van der Waals surface area contributed by atoms with Gasteiger partial charge in [-0.2, -0.15) is 0 Å². The SMILES string of the molecule is CCN1CCN(C(c2cccs2)C(C)NC(=S)Nc2cccc(Cl)c2C)CC1. The summed E-state index contributed by atoms with van der Waals surface area (Å²) < 4.78 is 0. The minimum absolute atomic E-state index is 0.186. The summed E-state index contributed by atoms with van der Waals surface area (Å²) >= 11 is 13.7. The van der Waals surface area contributed by atoms with E-state index in [1.807, 2.05) is 36.5 Å². The number of likely N-dealkylation sites (N-methyl/N-ethyl adjacent to an activating group) is 1. The van der Waals surface area contributed by atoms with Gasteiger partial charge in [0.05, 0.1) is 6.04 Å². The molecule has 0 radical (unpaired) electrons. The van der Waals surface area contributed by atoms with Gasteiger partial charge in [-0.1, -0.05) is 30.7 Å². The van der Waals surface area contributed by atoms with E-state index < -0.39 is 0 Å². The van der Waals surface area contributed by atoms with Crippen LogP contribution in [0.2, 0.25) is 5.02 Å². The largest absolute Gasteiger partial charge is 0.358 e. The number of hydrogen-bond donors (Lipinski definition) is 2. The third kappa shape index (κ3) is 5.24. The van der Waals surface area contributed by atoms with Crippen LogP contribution >= 0.6 is 35.2 Å². The van der Waals surface area contributed by atoms with Gasteiger partial charge >= 0.3 is 0 Å². The maximum absolute atomic E-state index is 6.23. The Balaban J connectivity index is 1.68. The lowest BCUT2D eigenvalue weighted by Gasteiger charge is -2.41. The molecule has 0 spiro atoms. The van der Waals surface area contributed by atoms with Crippen molar-refractivity contribution >= 4 is 46.0 Å². The first-order chi connectivity index (χ1) is 13.5. The second-order valence-electron chi connectivity index (χ2n) is 7.23. The minimum atomic E-state index is 0.186. The van der Waals surface area contributed by atoms with Crippen molar-refractivity contribution in [3.8, 4) is 0 Å². The second kappa shape index (κ2) is 10.0. The molecule has 2 atom stereocenters. The van der Waals surface area contributed by atoms with Gasteiger partial charge in [0.1, 0.15) is 0 Å². The first kappa shape index (κ1) is 21.5. The van der Waals surface area contributed by atoms with Crippen molar-refractivity contribution in [3.05, 3.63) is 51.2 Å². The zero-order valence-corrected chi connectivity index (χ0v) is 19.1. The van der Waals surface area contributed by atoms with E-state index in [9.17, 15) is 0 Å². The van der Waals surface area contributed by atoms with Crippen LogP contribution in [-0.4, -0.2) is 53.7 Å². The summed E-state index contributed by atoms with van der Waals surface area (Å²) in [6.07, 6.45) is 0. The smallest absolute Gasteiger partial charge is 0.171 e. The lowest BCUT2D eigenvalue weighted by atomic mass is 10.0. The third-order valence-electron chi connectivity index (χ3n) is 5.43. The molecule has 1 aliphatic rings. The fourth-order valence-electron chi connectivity index (χ4n) is 3.75. The third-order valence-corrected chi connectivity index (χ3v) is 7.00. The van der Waals surface area contributed by atoms with Crippen LogP contribution in [-0.2, 0) is 0 Å². The number of nitrogens with zero attached hydrogens (tertiary/aromatic N) is 2. The predicted molar refractivity (Wildman–Crippen MR) is 126 cm³/mol. The Morgan fingerprint density at radius 2 is 1.96 bits per heavy atom. The second-order valence-corrected chi connectivity index (χ2v) is 9.02. The molecule has 1 aromatic heterocycles. The fourth-order valence-corrected chi connectivity index (χ4v) is 5.18. The van der Waals surface area contributed by atoms with E-state index in [0.29, 0.717) is 11.2 Å². The molecule has 1 fully saturated rings. The monoisotopic (exact) mass is 436 g/mol. The van der Waals surface area contributed by atoms with Gasteiger partial charge < -0.3 is 15.5 Å². The average molecular weight is 437 g/mol. The topological polar surface area (TPSA) is 30.5 Å². The summed E-state index contributed by atoms with van der Waals surface area (Å²) in [7, 11) is 0. The number of piperazine rings is 1. The molecule has 0 amide bonds. The first-order valence-corrected chi connectivity index (χ1v) is 11.5. The zero-order chi connectivity index (χ0) is 20.1. The molecular weight excluding hydrogens is 408 g/mol. The Morgan fingerprint density at radius 1 is 1.21 bits per heavy atom. The van der Waals surface area contributed by atoms with Gasteiger partial charge in [0.2, 0.25) is 0 Å². The summed E-state index contributed by atoms with van der Waals surface area (Å²) in [5.74, 6) is 0. The van der Waals surface area contributed by atoms with E-state index in [0.717, 1.165) is 49.0 Å². The summed E-state index contributed by atoms with van der Waals surface area (Å²) in [5, 5.41) is 10.4. The molecule has 0 aliphatic carbocycles. The van der Waals surface area contributed by atoms with Crippen molar-refractivity contribution in [2.75, 3.05) is 38.0 Å². The highest BCUT2D eigenvalue weighted by Gasteiger charge is 2.30. The summed E-state index contributed by atoms with van der Waals surface area (Å²) in [4.78, 5) is 6.48. The molecule has 2 heterocycles. The minimum Gasteiger partial charge on any atom is -0.358 e. The summed E-state index contributed by atoms with van der Waals surface area (Å²) in [5.41, 5.74) is 1.95. The number of thiocarbonyl (C=S) groups is 1. The molecule has 2 aromatic rings. The van der Waals surface area contributed by atoms with Crippen LogP contribution in [0.15, 0.2) is 35.7 Å². The Labute approximate surface area is 182 Å². The number of anilines is 1. The van der Waals surface area contributed by atoms with Crippen LogP contribution in [0.1, 0.15) is 30.3 Å². The Hall–Kier alpha value is -1.18. The highest BCUT2D eigenvalue weighted by atomic mass is 35.5. The summed E-state index contributed by atoms with van der Waals surface area (Å²) in [6.45, 7) is 12.0. The Kier molecular flexibility index (Phi) is 7.71. The summed E-state index contributed by atoms with van der Waals surface area (Å²) in [6, 6.07) is 10.7. The molecule has 0 bridgehead atoms. The number of thiophene rings is 1. The van der Waals surface area contributed by atoms with Crippen LogP contribution in [0.3, 0.4) is 0 Å². The van der Waals surface area contributed by atoms with Crippen molar-refractivity contribution in [2.24, 2.45) is 0 Å². The highest BCUT2D eigenvalue weighted by molar-refractivity contribution is 7.80. The number of halogens is 1. The van der Waals surface area contributed by atoms with Gasteiger partial charge in [-0.3, -0.25) is 4.90 Å². The van der Waals surface area contributed by atoms with E-state index >= 15 is 0 Å². The molecule has 4 nitrogen and oxygen atoms in total. The Bertz CT molecular complexity index is 773. The number of rotatable bonds is 6. The van der Waals surface area contributed by atoms with Crippen molar-refractivity contribution in [2.45, 2.75) is 32.9 Å². The van der Waals surface area contributed by atoms with Crippen LogP contribution in [0.5, 0.6) is 0 Å². The molecule has 7 heteroatoms. The molecule has 28 heavy (non-hydrogen) atoms. The quantitative estimate of drug-likeness (QED) is 0.637. The van der Waals surface area contributed by atoms with Gasteiger partial charge in [0.25, 0.3) is 0 Å². The number of benzene rings is 1. The van der Waals surface area contributed by atoms with Crippen LogP contribution in [0.25, 0.3) is 0 Å². The maximum atomic E-state index is 6.23. The van der Waals surface area contributed by atoms with Gasteiger partial charge in [-0.25, -0.2) is 0 Å². The molecule has 2 unspecified atom stereocenters. The van der Waals surface area contributed by atoms with Crippen molar-refractivity contribution < 1.29 is 0 Å². The molecule has 2 N–H and O–H groups in total. The fraction of sp³-hybridized carbons (Fsp3) is 0.476. The van der Waals surface area contributed by atoms with Crippen molar-refractivity contribution in [1.29, 1.82) is 0 Å². The van der Waals surface area contributed by atoms with Gasteiger partial charge in [0.15, 0.2) is 5.11 Å². The van der Waals surface area contributed by atoms with Crippen LogP contribution < -0.4 is 10.6 Å². The standard InChI is InChI=1S/C21H29ClN4S2/c1-4-25-10-12-26(13-11-25)20(19-9-6-14-28-19)16(3)23-21(27)24-18-8-5-7-17(22)15(18)2/h5-9,14,16,20H,4,10-13H2,1-3H3,(H2,23,24,27).